The molecule has 0 heterocycles. The Bertz CT molecular complexity index is 813. The van der Waals surface area contributed by atoms with Crippen LogP contribution in [0.3, 0.4) is 0 Å². The zero-order valence-corrected chi connectivity index (χ0v) is 15.8. The quantitative estimate of drug-likeness (QED) is 0.696. The third kappa shape index (κ3) is 3.77. The lowest BCUT2D eigenvalue weighted by molar-refractivity contribution is -0.117. The topological polar surface area (TPSA) is 58.2 Å². The second-order valence-corrected chi connectivity index (χ2v) is 7.32. The zero-order chi connectivity index (χ0) is 17.3. The Morgan fingerprint density at radius 3 is 2.33 bits per heavy atom. The van der Waals surface area contributed by atoms with Crippen LogP contribution in [-0.4, -0.2) is 11.8 Å². The van der Waals surface area contributed by atoms with E-state index in [1.807, 2.05) is 50.2 Å². The maximum absolute atomic E-state index is 12.5. The van der Waals surface area contributed by atoms with Gasteiger partial charge < -0.3 is 10.6 Å². The summed E-state index contributed by atoms with van der Waals surface area (Å²) in [6, 6.07) is 11.2. The van der Waals surface area contributed by atoms with Crippen LogP contribution in [0.15, 0.2) is 36.4 Å². The molecule has 1 aliphatic rings. The van der Waals surface area contributed by atoms with Gasteiger partial charge in [0.15, 0.2) is 0 Å². The van der Waals surface area contributed by atoms with Gasteiger partial charge in [0, 0.05) is 26.4 Å². The van der Waals surface area contributed by atoms with Crippen LogP contribution in [0.1, 0.15) is 34.3 Å². The van der Waals surface area contributed by atoms with E-state index in [9.17, 15) is 9.59 Å². The molecule has 0 unspecified atom stereocenters. The number of rotatable bonds is 4. The minimum Gasteiger partial charge on any atom is -0.326 e. The highest BCUT2D eigenvalue weighted by Gasteiger charge is 2.29. The Morgan fingerprint density at radius 2 is 1.71 bits per heavy atom. The fourth-order valence-corrected chi connectivity index (χ4v) is 2.93. The van der Waals surface area contributed by atoms with E-state index in [1.54, 1.807) is 0 Å². The van der Waals surface area contributed by atoms with Crippen molar-refractivity contribution in [3.05, 3.63) is 56.7 Å². The highest BCUT2D eigenvalue weighted by molar-refractivity contribution is 14.1. The van der Waals surface area contributed by atoms with Gasteiger partial charge in [-0.15, -0.1) is 0 Å². The molecule has 2 N–H and O–H groups in total. The normalized spacial score (nSPS) is 13.5. The lowest BCUT2D eigenvalue weighted by Gasteiger charge is -2.13. The molecular weight excluding hydrogens is 415 g/mol. The number of aryl methyl sites for hydroxylation is 1. The van der Waals surface area contributed by atoms with E-state index < -0.39 is 0 Å². The molecule has 124 valence electrons. The van der Waals surface area contributed by atoms with E-state index in [0.717, 1.165) is 33.2 Å². The molecule has 1 saturated carbocycles. The van der Waals surface area contributed by atoms with Gasteiger partial charge in [0.2, 0.25) is 5.91 Å². The van der Waals surface area contributed by atoms with Crippen LogP contribution < -0.4 is 10.6 Å². The third-order valence-corrected chi connectivity index (χ3v) is 5.38. The smallest absolute Gasteiger partial charge is 0.255 e. The van der Waals surface area contributed by atoms with E-state index in [0.29, 0.717) is 11.3 Å². The van der Waals surface area contributed by atoms with Gasteiger partial charge in [-0.2, -0.15) is 0 Å². The molecule has 3 rings (SSSR count). The van der Waals surface area contributed by atoms with Gasteiger partial charge >= 0.3 is 0 Å². The first-order valence-electron chi connectivity index (χ1n) is 7.93. The van der Waals surface area contributed by atoms with Crippen LogP contribution in [0.2, 0.25) is 0 Å². The lowest BCUT2D eigenvalue weighted by Crippen LogP contribution is -2.16. The first-order chi connectivity index (χ1) is 11.5. The van der Waals surface area contributed by atoms with Crippen LogP contribution in [-0.2, 0) is 4.79 Å². The van der Waals surface area contributed by atoms with E-state index >= 15 is 0 Å². The third-order valence-electron chi connectivity index (χ3n) is 4.22. The predicted molar refractivity (Wildman–Crippen MR) is 104 cm³/mol. The van der Waals surface area contributed by atoms with Crippen LogP contribution in [0.25, 0.3) is 0 Å². The maximum atomic E-state index is 12.5. The molecule has 0 atom stereocenters. The monoisotopic (exact) mass is 434 g/mol. The van der Waals surface area contributed by atoms with Crippen molar-refractivity contribution in [2.45, 2.75) is 26.7 Å². The Hall–Kier alpha value is -1.89. The standard InChI is InChI=1S/C19H19IN2O2/c1-11-6-7-14(10-15(11)20)19(24)22-17-5-3-4-16(12(17)2)21-18(23)13-8-9-13/h3-7,10,13H,8-9H2,1-2H3,(H,21,23)(H,22,24). The summed E-state index contributed by atoms with van der Waals surface area (Å²) in [6.45, 7) is 3.91. The van der Waals surface area contributed by atoms with Gasteiger partial charge in [0.25, 0.3) is 5.91 Å². The van der Waals surface area contributed by atoms with Crippen molar-refractivity contribution in [1.82, 2.24) is 0 Å². The van der Waals surface area contributed by atoms with Gasteiger partial charge in [-0.25, -0.2) is 0 Å². The summed E-state index contributed by atoms with van der Waals surface area (Å²) in [7, 11) is 0. The molecule has 1 fully saturated rings. The number of amides is 2. The molecule has 0 aromatic heterocycles. The van der Waals surface area contributed by atoms with Crippen LogP contribution in [0, 0.1) is 23.3 Å². The molecule has 4 nitrogen and oxygen atoms in total. The molecule has 2 aromatic rings. The summed E-state index contributed by atoms with van der Waals surface area (Å²) >= 11 is 2.22. The van der Waals surface area contributed by atoms with E-state index in [4.69, 9.17) is 0 Å². The number of hydrogen-bond acceptors (Lipinski definition) is 2. The fraction of sp³-hybridized carbons (Fsp3) is 0.263. The molecule has 5 heteroatoms. The number of halogens is 1. The van der Waals surface area contributed by atoms with E-state index in [-0.39, 0.29) is 17.7 Å². The van der Waals surface area contributed by atoms with Crippen molar-refractivity contribution in [3.63, 3.8) is 0 Å². The van der Waals surface area contributed by atoms with Crippen LogP contribution >= 0.6 is 22.6 Å². The predicted octanol–water partition coefficient (Wildman–Crippen LogP) is 4.51. The highest BCUT2D eigenvalue weighted by atomic mass is 127. The maximum Gasteiger partial charge on any atom is 0.255 e. The molecule has 0 spiro atoms. The molecule has 0 bridgehead atoms. The van der Waals surface area contributed by atoms with E-state index in [1.165, 1.54) is 0 Å². The average Bonchev–Trinajstić information content (AvgIpc) is 3.38. The summed E-state index contributed by atoms with van der Waals surface area (Å²) < 4.78 is 1.06. The van der Waals surface area contributed by atoms with Crippen LogP contribution in [0.4, 0.5) is 11.4 Å². The highest BCUT2D eigenvalue weighted by Crippen LogP contribution is 2.31. The Morgan fingerprint density at radius 1 is 1.04 bits per heavy atom. The molecule has 0 radical (unpaired) electrons. The summed E-state index contributed by atoms with van der Waals surface area (Å²) in [4.78, 5) is 24.4. The minimum absolute atomic E-state index is 0.0645. The van der Waals surface area contributed by atoms with Crippen molar-refractivity contribution in [1.29, 1.82) is 0 Å². The van der Waals surface area contributed by atoms with Gasteiger partial charge in [-0.05, 0) is 84.7 Å². The summed E-state index contributed by atoms with van der Waals surface area (Å²) in [6.07, 6.45) is 1.93. The van der Waals surface area contributed by atoms with Crippen molar-refractivity contribution >= 4 is 45.8 Å². The fourth-order valence-electron chi connectivity index (χ4n) is 2.42. The molecule has 0 saturated heterocycles. The van der Waals surface area contributed by atoms with E-state index in [2.05, 4.69) is 33.2 Å². The van der Waals surface area contributed by atoms with Crippen molar-refractivity contribution in [2.24, 2.45) is 5.92 Å². The largest absolute Gasteiger partial charge is 0.326 e. The summed E-state index contributed by atoms with van der Waals surface area (Å²) in [5, 5.41) is 5.89. The number of benzene rings is 2. The number of anilines is 2. The second kappa shape index (κ2) is 6.93. The average molecular weight is 434 g/mol. The number of hydrogen-bond donors (Lipinski definition) is 2. The van der Waals surface area contributed by atoms with Crippen molar-refractivity contribution in [2.75, 3.05) is 10.6 Å². The lowest BCUT2D eigenvalue weighted by atomic mass is 10.1. The number of carbonyl (C=O) groups excluding carboxylic acids is 2. The Balaban J connectivity index is 1.77. The second-order valence-electron chi connectivity index (χ2n) is 6.16. The number of nitrogens with one attached hydrogen (secondary N) is 2. The van der Waals surface area contributed by atoms with Crippen LogP contribution in [0.5, 0.6) is 0 Å². The summed E-state index contributed by atoms with van der Waals surface area (Å²) in [5.74, 6) is 0.0635. The van der Waals surface area contributed by atoms with Gasteiger partial charge in [-0.3, -0.25) is 9.59 Å². The number of carbonyl (C=O) groups is 2. The molecule has 24 heavy (non-hydrogen) atoms. The van der Waals surface area contributed by atoms with Gasteiger partial charge in [0.1, 0.15) is 0 Å². The molecule has 2 amide bonds. The first kappa shape index (κ1) is 17.0. The molecular formula is C19H19IN2O2. The van der Waals surface area contributed by atoms with Crippen molar-refractivity contribution < 1.29 is 9.59 Å². The molecule has 1 aliphatic carbocycles. The first-order valence-corrected chi connectivity index (χ1v) is 9.01. The molecule has 0 aliphatic heterocycles. The Labute approximate surface area is 155 Å². The van der Waals surface area contributed by atoms with Crippen molar-refractivity contribution in [3.8, 4) is 0 Å². The van der Waals surface area contributed by atoms with Gasteiger partial charge in [-0.1, -0.05) is 12.1 Å². The molecule has 2 aromatic carbocycles. The Kier molecular flexibility index (Phi) is 4.89. The SMILES string of the molecule is Cc1ccc(C(=O)Nc2cccc(NC(=O)C3CC3)c2C)cc1I. The summed E-state index contributed by atoms with van der Waals surface area (Å²) in [5.41, 5.74) is 4.10. The zero-order valence-electron chi connectivity index (χ0n) is 13.7. The van der Waals surface area contributed by atoms with Gasteiger partial charge in [0.05, 0.1) is 0 Å². The minimum atomic E-state index is -0.151.